The summed E-state index contributed by atoms with van der Waals surface area (Å²) in [6.07, 6.45) is 4.40. The molecule has 0 bridgehead atoms. The van der Waals surface area contributed by atoms with E-state index in [1.54, 1.807) is 0 Å². The predicted molar refractivity (Wildman–Crippen MR) is 65.6 cm³/mol. The summed E-state index contributed by atoms with van der Waals surface area (Å²) in [5, 5.41) is 0. The number of nitrogens with zero attached hydrogens (tertiary/aromatic N) is 1. The Kier molecular flexibility index (Phi) is 2.76. The first-order chi connectivity index (χ1) is 7.16. The second-order valence-corrected chi connectivity index (χ2v) is 4.55. The fourth-order valence-electron chi connectivity index (χ4n) is 1.47. The number of nitrogen functional groups attached to an aromatic ring is 1. The summed E-state index contributed by atoms with van der Waals surface area (Å²) >= 11 is 0. The molecule has 0 unspecified atom stereocenters. The van der Waals surface area contributed by atoms with Gasteiger partial charge in [0.05, 0.1) is 6.04 Å². The van der Waals surface area contributed by atoms with Gasteiger partial charge in [0.15, 0.2) is 0 Å². The van der Waals surface area contributed by atoms with Gasteiger partial charge in [-0.15, -0.1) is 0 Å². The fraction of sp³-hybridized carbons (Fsp3) is 0.462. The van der Waals surface area contributed by atoms with Gasteiger partial charge in [-0.2, -0.15) is 0 Å². The minimum Gasteiger partial charge on any atom is -0.398 e. The van der Waals surface area contributed by atoms with Gasteiger partial charge in [0.25, 0.3) is 0 Å². The minimum absolute atomic E-state index is 0.540. The number of nitrogens with two attached hydrogens (primary N) is 1. The zero-order valence-corrected chi connectivity index (χ0v) is 9.40. The molecule has 0 radical (unpaired) electrons. The Morgan fingerprint density at radius 3 is 2.73 bits per heavy atom. The number of aliphatic imine (C=N–C) groups is 1. The summed E-state index contributed by atoms with van der Waals surface area (Å²) in [7, 11) is 0. The molecule has 15 heavy (non-hydrogen) atoms. The maximum atomic E-state index is 5.90. The van der Waals surface area contributed by atoms with E-state index in [2.05, 4.69) is 31.0 Å². The van der Waals surface area contributed by atoms with E-state index in [0.717, 1.165) is 11.3 Å². The average Bonchev–Trinajstić information content (AvgIpc) is 3.00. The largest absolute Gasteiger partial charge is 0.398 e. The fourth-order valence-corrected chi connectivity index (χ4v) is 1.47. The molecule has 1 aliphatic carbocycles. The zero-order chi connectivity index (χ0) is 10.8. The van der Waals surface area contributed by atoms with Gasteiger partial charge >= 0.3 is 0 Å². The number of rotatable bonds is 3. The normalized spacial score (nSPS) is 16.5. The summed E-state index contributed by atoms with van der Waals surface area (Å²) in [5.41, 5.74) is 9.11. The van der Waals surface area contributed by atoms with Crippen LogP contribution in [0.2, 0.25) is 0 Å². The Labute approximate surface area is 91.2 Å². The molecule has 2 nitrogen and oxygen atoms in total. The predicted octanol–water partition coefficient (Wildman–Crippen LogP) is 2.97. The molecular formula is C13H18N2. The van der Waals surface area contributed by atoms with Crippen LogP contribution in [0.4, 0.5) is 5.69 Å². The number of anilines is 1. The van der Waals surface area contributed by atoms with Crippen LogP contribution in [-0.2, 0) is 0 Å². The Morgan fingerprint density at radius 1 is 1.40 bits per heavy atom. The van der Waals surface area contributed by atoms with E-state index in [0.29, 0.717) is 12.0 Å². The lowest BCUT2D eigenvalue weighted by atomic mass is 10.0. The molecule has 0 heterocycles. The van der Waals surface area contributed by atoms with Gasteiger partial charge in [-0.1, -0.05) is 19.9 Å². The second-order valence-electron chi connectivity index (χ2n) is 4.55. The highest BCUT2D eigenvalue weighted by molar-refractivity contribution is 5.87. The van der Waals surface area contributed by atoms with E-state index >= 15 is 0 Å². The van der Waals surface area contributed by atoms with Crippen LogP contribution in [0.15, 0.2) is 23.2 Å². The Hall–Kier alpha value is -1.31. The van der Waals surface area contributed by atoms with Crippen molar-refractivity contribution in [1.29, 1.82) is 0 Å². The van der Waals surface area contributed by atoms with Crippen LogP contribution in [0.3, 0.4) is 0 Å². The van der Waals surface area contributed by atoms with Crippen molar-refractivity contribution in [3.63, 3.8) is 0 Å². The third kappa shape index (κ3) is 2.58. The van der Waals surface area contributed by atoms with Crippen LogP contribution in [0.1, 0.15) is 43.7 Å². The van der Waals surface area contributed by atoms with Crippen LogP contribution >= 0.6 is 0 Å². The second kappa shape index (κ2) is 4.05. The van der Waals surface area contributed by atoms with Crippen molar-refractivity contribution in [3.8, 4) is 0 Å². The van der Waals surface area contributed by atoms with Crippen LogP contribution in [0.25, 0.3) is 0 Å². The Morgan fingerprint density at radius 2 is 2.13 bits per heavy atom. The van der Waals surface area contributed by atoms with Crippen LogP contribution in [0.5, 0.6) is 0 Å². The van der Waals surface area contributed by atoms with Crippen molar-refractivity contribution in [1.82, 2.24) is 0 Å². The Bertz CT molecular complexity index is 376. The first kappa shape index (κ1) is 10.2. The topological polar surface area (TPSA) is 38.4 Å². The number of hydrogen-bond acceptors (Lipinski definition) is 2. The lowest BCUT2D eigenvalue weighted by molar-refractivity contribution is 0.866. The van der Waals surface area contributed by atoms with Crippen molar-refractivity contribution in [2.24, 2.45) is 4.99 Å². The third-order valence-electron chi connectivity index (χ3n) is 2.75. The molecule has 80 valence electrons. The monoisotopic (exact) mass is 202 g/mol. The summed E-state index contributed by atoms with van der Waals surface area (Å²) in [5.74, 6) is 0.540. The molecular weight excluding hydrogens is 184 g/mol. The summed E-state index contributed by atoms with van der Waals surface area (Å²) < 4.78 is 0. The quantitative estimate of drug-likeness (QED) is 0.594. The highest BCUT2D eigenvalue weighted by Gasteiger charge is 2.18. The van der Waals surface area contributed by atoms with E-state index in [4.69, 9.17) is 5.73 Å². The van der Waals surface area contributed by atoms with Crippen LogP contribution in [0, 0.1) is 0 Å². The van der Waals surface area contributed by atoms with Crippen molar-refractivity contribution >= 4 is 11.9 Å². The number of benzene rings is 1. The highest BCUT2D eigenvalue weighted by atomic mass is 14.8. The molecule has 0 aliphatic heterocycles. The average molecular weight is 202 g/mol. The molecule has 1 saturated carbocycles. The van der Waals surface area contributed by atoms with Crippen LogP contribution in [-0.4, -0.2) is 12.3 Å². The third-order valence-corrected chi connectivity index (χ3v) is 2.75. The summed E-state index contributed by atoms with van der Waals surface area (Å²) in [6.45, 7) is 4.38. The lowest BCUT2D eigenvalue weighted by Gasteiger charge is -2.07. The zero-order valence-electron chi connectivity index (χ0n) is 9.40. The molecule has 0 spiro atoms. The smallest absolute Gasteiger partial charge is 0.0501 e. The molecule has 1 fully saturated rings. The molecule has 2 heteroatoms. The van der Waals surface area contributed by atoms with Gasteiger partial charge in [0, 0.05) is 17.5 Å². The van der Waals surface area contributed by atoms with Gasteiger partial charge in [0.2, 0.25) is 0 Å². The summed E-state index contributed by atoms with van der Waals surface area (Å²) in [4.78, 5) is 4.46. The van der Waals surface area contributed by atoms with Gasteiger partial charge in [-0.25, -0.2) is 0 Å². The van der Waals surface area contributed by atoms with E-state index in [-0.39, 0.29) is 0 Å². The molecule has 1 aromatic carbocycles. The van der Waals surface area contributed by atoms with E-state index in [9.17, 15) is 0 Å². The van der Waals surface area contributed by atoms with Crippen molar-refractivity contribution in [3.05, 3.63) is 29.3 Å². The molecule has 1 aliphatic rings. The molecule has 0 aromatic heterocycles. The minimum atomic E-state index is 0.540. The van der Waals surface area contributed by atoms with Gasteiger partial charge < -0.3 is 5.73 Å². The molecule has 2 N–H and O–H groups in total. The Balaban J connectivity index is 2.23. The number of hydrogen-bond donors (Lipinski definition) is 1. The first-order valence-electron chi connectivity index (χ1n) is 5.59. The van der Waals surface area contributed by atoms with Gasteiger partial charge in [-0.05, 0) is 36.5 Å². The molecule has 1 aromatic rings. The molecule has 2 rings (SSSR count). The van der Waals surface area contributed by atoms with Crippen molar-refractivity contribution < 1.29 is 0 Å². The lowest BCUT2D eigenvalue weighted by Crippen LogP contribution is -1.97. The first-order valence-corrected chi connectivity index (χ1v) is 5.59. The van der Waals surface area contributed by atoms with Crippen molar-refractivity contribution in [2.45, 2.75) is 38.6 Å². The van der Waals surface area contributed by atoms with Crippen LogP contribution < -0.4 is 5.73 Å². The molecule has 0 saturated heterocycles. The van der Waals surface area contributed by atoms with Gasteiger partial charge in [-0.3, -0.25) is 4.99 Å². The maximum Gasteiger partial charge on any atom is 0.0501 e. The standard InChI is InChI=1S/C13H18N2/c1-9(2)10-3-6-13(14)11(7-10)8-15-12-4-5-12/h3,6-9,12H,4-5,14H2,1-2H3. The maximum absolute atomic E-state index is 5.90. The summed E-state index contributed by atoms with van der Waals surface area (Å²) in [6, 6.07) is 6.77. The van der Waals surface area contributed by atoms with Crippen molar-refractivity contribution in [2.75, 3.05) is 5.73 Å². The molecule has 0 amide bonds. The van der Waals surface area contributed by atoms with E-state index < -0.39 is 0 Å². The van der Waals surface area contributed by atoms with Gasteiger partial charge in [0.1, 0.15) is 0 Å². The van der Waals surface area contributed by atoms with E-state index in [1.165, 1.54) is 18.4 Å². The SMILES string of the molecule is CC(C)c1ccc(N)c(C=NC2CC2)c1. The van der Waals surface area contributed by atoms with E-state index in [1.807, 2.05) is 12.3 Å². The molecule has 0 atom stereocenters. The highest BCUT2D eigenvalue weighted by Crippen LogP contribution is 2.24.